The molecule has 5 fully saturated rings. The molecule has 0 saturated carbocycles. The lowest BCUT2D eigenvalue weighted by molar-refractivity contribution is -0.334. The minimum absolute atomic E-state index is 0.0629. The van der Waals surface area contributed by atoms with Gasteiger partial charge in [0.2, 0.25) is 6.29 Å². The van der Waals surface area contributed by atoms with E-state index in [-0.39, 0.29) is 71.7 Å². The van der Waals surface area contributed by atoms with Gasteiger partial charge in [-0.15, -0.1) is 0 Å². The lowest BCUT2D eigenvalue weighted by Crippen LogP contribution is -2.59. The number of Topliss-reactive ketones (excluding diaryl/α,β-unsaturated/α-hetero) is 2. The predicted molar refractivity (Wildman–Crippen MR) is 287 cm³/mol. The minimum Gasteiger partial charge on any atom is -0.507 e. The van der Waals surface area contributed by atoms with Crippen LogP contribution in [0, 0.1) is 18.8 Å². The van der Waals surface area contributed by atoms with Crippen LogP contribution < -0.4 is 4.74 Å². The van der Waals surface area contributed by atoms with E-state index >= 15 is 4.79 Å². The SMILES string of the molecule is COC(C(=O)C(O)C(C)O)C1Cc2cc3cc(OC4CC(OC(C)=O)C(OC5CC(O)C(O)C(C)O5)C(C)O4)c(C)c(O)c3c(O)c2C(=O)C1OC1CC(OC2CC(OC3CC(C)(O)C(OC(=O)C(C)C)C(C)O3)C(O)C(C)O2)C(O)C(C)O1. The van der Waals surface area contributed by atoms with Crippen molar-refractivity contribution >= 4 is 34.3 Å². The van der Waals surface area contributed by atoms with Crippen molar-refractivity contribution in [1.82, 2.24) is 0 Å². The Labute approximate surface area is 486 Å². The summed E-state index contributed by atoms with van der Waals surface area (Å²) in [7, 11) is 1.17. The Morgan fingerprint density at radius 2 is 1.24 bits per heavy atom. The van der Waals surface area contributed by atoms with E-state index in [1.165, 1.54) is 53.9 Å². The molecule has 26 heteroatoms. The van der Waals surface area contributed by atoms with Crippen LogP contribution in [0.1, 0.15) is 123 Å². The van der Waals surface area contributed by atoms with E-state index < -0.39 is 194 Å². The number of phenols is 2. The van der Waals surface area contributed by atoms with Crippen LogP contribution >= 0.6 is 0 Å². The quantitative estimate of drug-likeness (QED) is 0.0956. The molecule has 5 aliphatic heterocycles. The average Bonchev–Trinajstić information content (AvgIpc) is 0.973. The molecule has 5 saturated heterocycles. The Hall–Kier alpha value is -4.30. The molecule has 9 N–H and O–H groups in total. The molecule has 2 aromatic carbocycles. The van der Waals surface area contributed by atoms with Gasteiger partial charge in [-0.3, -0.25) is 19.2 Å². The largest absolute Gasteiger partial charge is 0.507 e. The first-order valence-corrected chi connectivity index (χ1v) is 28.7. The zero-order valence-electron chi connectivity index (χ0n) is 49.3. The van der Waals surface area contributed by atoms with E-state index in [2.05, 4.69) is 0 Å². The maximum Gasteiger partial charge on any atom is 0.308 e. The lowest BCUT2D eigenvalue weighted by atomic mass is 9.75. The molecule has 0 radical (unpaired) electrons. The fourth-order valence-electron chi connectivity index (χ4n) is 12.2. The van der Waals surface area contributed by atoms with Crippen molar-refractivity contribution in [3.63, 3.8) is 0 Å². The van der Waals surface area contributed by atoms with Gasteiger partial charge in [0.25, 0.3) is 0 Å². The number of carbonyl (C=O) groups is 4. The number of ketones is 2. The third-order valence-electron chi connectivity index (χ3n) is 16.8. The van der Waals surface area contributed by atoms with Crippen LogP contribution in [-0.2, 0) is 77.6 Å². The number of aliphatic hydroxyl groups excluding tert-OH is 6. The van der Waals surface area contributed by atoms with Gasteiger partial charge in [0.1, 0.15) is 71.7 Å². The molecule has 1 aliphatic carbocycles. The molecule has 0 spiro atoms. The molecule has 0 amide bonds. The number of phenolic OH excluding ortho intramolecular Hbond substituents is 2. The number of hydrogen-bond donors (Lipinski definition) is 9. The smallest absolute Gasteiger partial charge is 0.308 e. The van der Waals surface area contributed by atoms with Gasteiger partial charge in [-0.05, 0) is 84.9 Å². The maximum absolute atomic E-state index is 15.1. The summed E-state index contributed by atoms with van der Waals surface area (Å²) in [5.41, 5.74) is -1.56. The standard InChI is InChI=1S/C58H84O26/c1-21(2)57(70)84-56-28(9)77-42(20-58(56,11)71)81-36-17-39(74-25(6)49(36)66)80-35-18-41(75-26(7)48(35)65)83-55-32(54(72-12)52(69)46(63)23(4)59)14-30-13-31-15-34(22(3)45(62)43(31)50(67)44(30)51(55)68)79-40-19-37(78-29(10)60)53(27(8)76-40)82-38-16-33(61)47(64)24(5)73-38/h13,15,21,23-28,32-33,35-42,46-49,53-56,59,61-67,71H,14,16-20H2,1-12H3. The third-order valence-corrected chi connectivity index (χ3v) is 16.8. The van der Waals surface area contributed by atoms with E-state index in [4.69, 9.17) is 61.6 Å². The molecule has 0 aromatic heterocycles. The fourth-order valence-corrected chi connectivity index (χ4v) is 12.2. The van der Waals surface area contributed by atoms with E-state index in [9.17, 15) is 60.3 Å². The third kappa shape index (κ3) is 14.0. The maximum atomic E-state index is 15.1. The van der Waals surface area contributed by atoms with Crippen molar-refractivity contribution in [1.29, 1.82) is 0 Å². The summed E-state index contributed by atoms with van der Waals surface area (Å²) in [5, 5.41) is 100. The Kier molecular flexibility index (Phi) is 20.8. The number of rotatable bonds is 18. The van der Waals surface area contributed by atoms with Gasteiger partial charge < -0.3 is 108 Å². The van der Waals surface area contributed by atoms with Crippen molar-refractivity contribution in [2.45, 2.75) is 262 Å². The highest BCUT2D eigenvalue weighted by atomic mass is 16.7. The first-order chi connectivity index (χ1) is 39.4. The number of carbonyl (C=O) groups excluding carboxylic acids is 4. The van der Waals surface area contributed by atoms with Crippen LogP contribution in [0.2, 0.25) is 0 Å². The molecule has 25 unspecified atom stereocenters. The van der Waals surface area contributed by atoms with Gasteiger partial charge in [0, 0.05) is 57.6 Å². The van der Waals surface area contributed by atoms with Crippen molar-refractivity contribution < 1.29 is 127 Å². The highest BCUT2D eigenvalue weighted by Gasteiger charge is 2.53. The fraction of sp³-hybridized carbons (Fsp3) is 0.759. The van der Waals surface area contributed by atoms with Gasteiger partial charge in [0.05, 0.1) is 71.8 Å². The number of methoxy groups -OCH3 is 1. The number of ether oxygens (including phenoxy) is 13. The second-order valence-electron chi connectivity index (χ2n) is 23.9. The van der Waals surface area contributed by atoms with Crippen molar-refractivity contribution in [3.05, 3.63) is 28.8 Å². The number of hydrogen-bond acceptors (Lipinski definition) is 26. The van der Waals surface area contributed by atoms with Gasteiger partial charge in [0.15, 0.2) is 42.8 Å². The zero-order chi connectivity index (χ0) is 61.7. The van der Waals surface area contributed by atoms with Crippen LogP contribution in [0.4, 0.5) is 0 Å². The molecule has 8 rings (SSSR count). The molecule has 472 valence electrons. The topological polar surface area (TPSA) is 370 Å². The van der Waals surface area contributed by atoms with Crippen molar-refractivity contribution in [2.75, 3.05) is 7.11 Å². The van der Waals surface area contributed by atoms with Crippen LogP contribution in [0.25, 0.3) is 10.8 Å². The normalized spacial score (nSPS) is 39.5. The minimum atomic E-state index is -1.97. The molecular weight excluding hydrogens is 1110 g/mol. The van der Waals surface area contributed by atoms with E-state index in [1.54, 1.807) is 41.5 Å². The molecule has 25 atom stereocenters. The molecule has 5 heterocycles. The van der Waals surface area contributed by atoms with Gasteiger partial charge in [-0.2, -0.15) is 0 Å². The van der Waals surface area contributed by atoms with Crippen LogP contribution in [-0.4, -0.2) is 223 Å². The summed E-state index contributed by atoms with van der Waals surface area (Å²) in [4.78, 5) is 54.0. The van der Waals surface area contributed by atoms with Crippen molar-refractivity contribution in [2.24, 2.45) is 11.8 Å². The first kappa shape index (κ1) is 65.7. The first-order valence-electron chi connectivity index (χ1n) is 28.7. The summed E-state index contributed by atoms with van der Waals surface area (Å²) in [6.45, 7) is 16.8. The molecule has 26 nitrogen and oxygen atoms in total. The number of esters is 2. The molecule has 84 heavy (non-hydrogen) atoms. The molecular formula is C58H84O26. The van der Waals surface area contributed by atoms with Gasteiger partial charge in [-0.1, -0.05) is 13.8 Å². The number of aliphatic hydroxyl groups is 7. The summed E-state index contributed by atoms with van der Waals surface area (Å²) in [5.74, 6) is -5.78. The van der Waals surface area contributed by atoms with Crippen molar-refractivity contribution in [3.8, 4) is 17.2 Å². The summed E-state index contributed by atoms with van der Waals surface area (Å²) < 4.78 is 78.8. The van der Waals surface area contributed by atoms with Crippen LogP contribution in [0.5, 0.6) is 17.2 Å². The summed E-state index contributed by atoms with van der Waals surface area (Å²) >= 11 is 0. The Balaban J connectivity index is 1.02. The Bertz CT molecular complexity index is 2650. The molecule has 0 bridgehead atoms. The monoisotopic (exact) mass is 1200 g/mol. The average molecular weight is 1200 g/mol. The van der Waals surface area contributed by atoms with Gasteiger partial charge >= 0.3 is 11.9 Å². The van der Waals surface area contributed by atoms with Gasteiger partial charge in [-0.25, -0.2) is 0 Å². The van der Waals surface area contributed by atoms with E-state index in [1.807, 2.05) is 0 Å². The number of benzene rings is 2. The summed E-state index contributed by atoms with van der Waals surface area (Å²) in [6.07, 6.45) is -27.3. The molecule has 6 aliphatic rings. The summed E-state index contributed by atoms with van der Waals surface area (Å²) in [6, 6.07) is 3.01. The second kappa shape index (κ2) is 26.6. The van der Waals surface area contributed by atoms with Crippen LogP contribution in [0.3, 0.4) is 0 Å². The van der Waals surface area contributed by atoms with Crippen LogP contribution in [0.15, 0.2) is 12.1 Å². The Morgan fingerprint density at radius 3 is 1.80 bits per heavy atom. The lowest BCUT2D eigenvalue weighted by Gasteiger charge is -2.47. The Morgan fingerprint density at radius 1 is 0.690 bits per heavy atom. The number of fused-ring (bicyclic) bond motifs is 2. The van der Waals surface area contributed by atoms with E-state index in [0.717, 1.165) is 0 Å². The zero-order valence-corrected chi connectivity index (χ0v) is 49.3. The highest BCUT2D eigenvalue weighted by Crippen LogP contribution is 2.48. The molecule has 2 aromatic rings. The number of aromatic hydroxyl groups is 2. The predicted octanol–water partition coefficient (Wildman–Crippen LogP) is 1.53. The second-order valence-corrected chi connectivity index (χ2v) is 23.9. The van der Waals surface area contributed by atoms with E-state index in [0.29, 0.717) is 0 Å². The highest BCUT2D eigenvalue weighted by molar-refractivity contribution is 6.11.